The van der Waals surface area contributed by atoms with E-state index in [1.54, 1.807) is 0 Å². The van der Waals surface area contributed by atoms with Crippen molar-refractivity contribution in [3.05, 3.63) is 34.6 Å². The zero-order chi connectivity index (χ0) is 12.3. The number of nitrogens with two attached hydrogens (primary N) is 1. The smallest absolute Gasteiger partial charge is 0.320 e. The van der Waals surface area contributed by atoms with Gasteiger partial charge in [0.15, 0.2) is 0 Å². The summed E-state index contributed by atoms with van der Waals surface area (Å²) in [5.41, 5.74) is 5.05. The number of hydrogen-bond acceptors (Lipinski definition) is 1. The molecule has 0 radical (unpaired) electrons. The maximum atomic E-state index is 13.1. The van der Waals surface area contributed by atoms with Crippen molar-refractivity contribution in [2.45, 2.75) is 25.1 Å². The van der Waals surface area contributed by atoms with Crippen molar-refractivity contribution in [3.8, 4) is 0 Å². The van der Waals surface area contributed by atoms with E-state index in [1.165, 1.54) is 12.1 Å². The third-order valence-corrected chi connectivity index (χ3v) is 2.39. The van der Waals surface area contributed by atoms with Crippen molar-refractivity contribution in [1.82, 2.24) is 0 Å². The molecule has 0 bridgehead atoms. The summed E-state index contributed by atoms with van der Waals surface area (Å²) in [5, 5.41) is 0.289. The molecule has 0 saturated heterocycles. The van der Waals surface area contributed by atoms with E-state index >= 15 is 0 Å². The quantitative estimate of drug-likeness (QED) is 0.824. The molecule has 0 aromatic heterocycles. The van der Waals surface area contributed by atoms with Gasteiger partial charge < -0.3 is 5.73 Å². The van der Waals surface area contributed by atoms with Crippen LogP contribution in [0.25, 0.3) is 0 Å². The van der Waals surface area contributed by atoms with Crippen LogP contribution in [-0.4, -0.2) is 12.2 Å². The Kier molecular flexibility index (Phi) is 4.15. The molecule has 6 heteroatoms. The van der Waals surface area contributed by atoms with E-state index in [0.717, 1.165) is 6.07 Å². The molecule has 0 aliphatic heterocycles. The van der Waals surface area contributed by atoms with Crippen molar-refractivity contribution in [1.29, 1.82) is 0 Å². The first kappa shape index (κ1) is 13.3. The number of rotatable bonds is 3. The van der Waals surface area contributed by atoms with Gasteiger partial charge in [0.1, 0.15) is 11.9 Å². The van der Waals surface area contributed by atoms with E-state index in [1.807, 2.05) is 0 Å². The summed E-state index contributed by atoms with van der Waals surface area (Å²) >= 11 is 5.60. The standard InChI is InChI=1S/C10H10ClF4N/c11-7-2-3-8(12)6(5-7)1-4-9(16)10(13,14)15/h2-3,5,9H,1,4,16H2. The zero-order valence-electron chi connectivity index (χ0n) is 8.19. The Labute approximate surface area is 95.2 Å². The van der Waals surface area contributed by atoms with Gasteiger partial charge in [0.25, 0.3) is 0 Å². The maximum absolute atomic E-state index is 13.1. The third kappa shape index (κ3) is 3.64. The Hall–Kier alpha value is -0.810. The van der Waals surface area contributed by atoms with Crippen molar-refractivity contribution in [3.63, 3.8) is 0 Å². The van der Waals surface area contributed by atoms with Crippen LogP contribution in [0, 0.1) is 5.82 Å². The summed E-state index contributed by atoms with van der Waals surface area (Å²) in [4.78, 5) is 0. The Balaban J connectivity index is 2.64. The van der Waals surface area contributed by atoms with E-state index in [9.17, 15) is 17.6 Å². The Bertz CT molecular complexity index is 364. The van der Waals surface area contributed by atoms with Crippen LogP contribution >= 0.6 is 11.6 Å². The molecule has 0 fully saturated rings. The average molecular weight is 256 g/mol. The van der Waals surface area contributed by atoms with Gasteiger partial charge in [-0.25, -0.2) is 4.39 Å². The molecule has 0 amide bonds. The highest BCUT2D eigenvalue weighted by Gasteiger charge is 2.36. The second-order valence-electron chi connectivity index (χ2n) is 3.42. The summed E-state index contributed by atoms with van der Waals surface area (Å²) in [5.74, 6) is -0.571. The molecular weight excluding hydrogens is 246 g/mol. The molecule has 1 aromatic carbocycles. The van der Waals surface area contributed by atoms with E-state index < -0.39 is 18.0 Å². The second kappa shape index (κ2) is 5.01. The molecule has 0 heterocycles. The minimum Gasteiger partial charge on any atom is -0.320 e. The summed E-state index contributed by atoms with van der Waals surface area (Å²) in [6, 6.07) is 1.83. The monoisotopic (exact) mass is 255 g/mol. The third-order valence-electron chi connectivity index (χ3n) is 2.15. The summed E-state index contributed by atoms with van der Waals surface area (Å²) in [6.07, 6.45) is -4.90. The predicted octanol–water partition coefficient (Wildman–Crippen LogP) is 3.30. The molecule has 90 valence electrons. The molecule has 1 nitrogen and oxygen atoms in total. The van der Waals surface area contributed by atoms with Gasteiger partial charge in [-0.15, -0.1) is 0 Å². The number of aryl methyl sites for hydroxylation is 1. The van der Waals surface area contributed by atoms with Crippen molar-refractivity contribution >= 4 is 11.6 Å². The highest BCUT2D eigenvalue weighted by molar-refractivity contribution is 6.30. The Morgan fingerprint density at radius 3 is 2.50 bits per heavy atom. The lowest BCUT2D eigenvalue weighted by molar-refractivity contribution is -0.148. The molecule has 0 spiro atoms. The highest BCUT2D eigenvalue weighted by atomic mass is 35.5. The molecule has 1 atom stereocenters. The maximum Gasteiger partial charge on any atom is 0.403 e. The topological polar surface area (TPSA) is 26.0 Å². The van der Waals surface area contributed by atoms with Crippen molar-refractivity contribution < 1.29 is 17.6 Å². The molecule has 0 saturated carbocycles. The summed E-state index contributed by atoms with van der Waals surface area (Å²) in [6.45, 7) is 0. The van der Waals surface area contributed by atoms with Gasteiger partial charge in [-0.2, -0.15) is 13.2 Å². The van der Waals surface area contributed by atoms with Gasteiger partial charge in [-0.3, -0.25) is 0 Å². The highest BCUT2D eigenvalue weighted by Crippen LogP contribution is 2.23. The van der Waals surface area contributed by atoms with Crippen LogP contribution in [0.3, 0.4) is 0 Å². The zero-order valence-corrected chi connectivity index (χ0v) is 8.95. The Morgan fingerprint density at radius 1 is 1.31 bits per heavy atom. The van der Waals surface area contributed by atoms with Crippen LogP contribution in [0.5, 0.6) is 0 Å². The van der Waals surface area contributed by atoms with Crippen LogP contribution in [0.4, 0.5) is 17.6 Å². The largest absolute Gasteiger partial charge is 0.403 e. The molecule has 1 aromatic rings. The van der Waals surface area contributed by atoms with Crippen LogP contribution in [0.1, 0.15) is 12.0 Å². The fourth-order valence-electron chi connectivity index (χ4n) is 1.21. The molecule has 1 unspecified atom stereocenters. The molecule has 1 rings (SSSR count). The fourth-order valence-corrected chi connectivity index (χ4v) is 1.40. The average Bonchev–Trinajstić information content (AvgIpc) is 2.17. The summed E-state index contributed by atoms with van der Waals surface area (Å²) in [7, 11) is 0. The van der Waals surface area contributed by atoms with E-state index in [0.29, 0.717) is 0 Å². The van der Waals surface area contributed by atoms with E-state index in [-0.39, 0.29) is 23.4 Å². The number of benzene rings is 1. The molecular formula is C10H10ClF4N. The molecule has 0 aliphatic carbocycles. The van der Waals surface area contributed by atoms with Crippen LogP contribution in [0.15, 0.2) is 18.2 Å². The van der Waals surface area contributed by atoms with Gasteiger partial charge in [0.05, 0.1) is 0 Å². The van der Waals surface area contributed by atoms with Crippen LogP contribution < -0.4 is 5.73 Å². The number of halogens is 5. The predicted molar refractivity (Wildman–Crippen MR) is 53.8 cm³/mol. The summed E-state index contributed by atoms with van der Waals surface area (Å²) < 4.78 is 49.4. The first-order chi connectivity index (χ1) is 7.30. The van der Waals surface area contributed by atoms with Gasteiger partial charge in [0, 0.05) is 5.02 Å². The van der Waals surface area contributed by atoms with Crippen molar-refractivity contribution in [2.24, 2.45) is 5.73 Å². The van der Waals surface area contributed by atoms with E-state index in [2.05, 4.69) is 0 Å². The number of alkyl halides is 3. The van der Waals surface area contributed by atoms with Gasteiger partial charge >= 0.3 is 6.18 Å². The van der Waals surface area contributed by atoms with E-state index in [4.69, 9.17) is 17.3 Å². The SMILES string of the molecule is NC(CCc1cc(Cl)ccc1F)C(F)(F)F. The number of hydrogen-bond donors (Lipinski definition) is 1. The normalized spacial score (nSPS) is 13.9. The molecule has 16 heavy (non-hydrogen) atoms. The van der Waals surface area contributed by atoms with Gasteiger partial charge in [-0.1, -0.05) is 11.6 Å². The van der Waals surface area contributed by atoms with Gasteiger partial charge in [-0.05, 0) is 36.6 Å². The lowest BCUT2D eigenvalue weighted by Crippen LogP contribution is -2.37. The first-order valence-corrected chi connectivity index (χ1v) is 4.94. The fraction of sp³-hybridized carbons (Fsp3) is 0.400. The lowest BCUT2D eigenvalue weighted by atomic mass is 10.1. The molecule has 0 aliphatic rings. The molecule has 2 N–H and O–H groups in total. The second-order valence-corrected chi connectivity index (χ2v) is 3.86. The van der Waals surface area contributed by atoms with Crippen LogP contribution in [0.2, 0.25) is 5.02 Å². The lowest BCUT2D eigenvalue weighted by Gasteiger charge is -2.15. The first-order valence-electron chi connectivity index (χ1n) is 4.57. The van der Waals surface area contributed by atoms with Gasteiger partial charge in [0.2, 0.25) is 0 Å². The Morgan fingerprint density at radius 2 is 1.94 bits per heavy atom. The minimum absolute atomic E-state index is 0.0902. The van der Waals surface area contributed by atoms with Crippen molar-refractivity contribution in [2.75, 3.05) is 0 Å². The van der Waals surface area contributed by atoms with Crippen LogP contribution in [-0.2, 0) is 6.42 Å². The minimum atomic E-state index is -4.45.